The average molecular weight is 351 g/mol. The van der Waals surface area contributed by atoms with E-state index in [9.17, 15) is 4.79 Å². The summed E-state index contributed by atoms with van der Waals surface area (Å²) in [5.41, 5.74) is 3.28. The molecule has 0 atom stereocenters. The van der Waals surface area contributed by atoms with Crippen molar-refractivity contribution >= 4 is 17.7 Å². The molecule has 136 valence electrons. The van der Waals surface area contributed by atoms with Gasteiger partial charge < -0.3 is 15.1 Å². The van der Waals surface area contributed by atoms with Gasteiger partial charge in [0.15, 0.2) is 6.54 Å². The first-order valence-electron chi connectivity index (χ1n) is 9.45. The number of carbonyl (C=O) groups is 1. The Bertz CT molecular complexity index is 734. The summed E-state index contributed by atoms with van der Waals surface area (Å²) in [5.74, 6) is 0.113. The summed E-state index contributed by atoms with van der Waals surface area (Å²) < 4.78 is 0. The monoisotopic (exact) mass is 351 g/mol. The zero-order valence-corrected chi connectivity index (χ0v) is 15.5. The number of hydrogen-bond acceptors (Lipinski definition) is 1. The number of rotatable bonds is 6. The Kier molecular flexibility index (Phi) is 6.58. The number of carbonyl (C=O) groups excluding carboxylic acids is 1. The molecule has 3 rings (SSSR count). The molecule has 2 aromatic carbocycles. The summed E-state index contributed by atoms with van der Waals surface area (Å²) >= 11 is 0. The molecular weight excluding hydrogens is 322 g/mol. The quantitative estimate of drug-likeness (QED) is 0.694. The molecule has 1 saturated heterocycles. The normalized spacial score (nSPS) is 20.2. The van der Waals surface area contributed by atoms with Crippen molar-refractivity contribution in [2.45, 2.75) is 6.92 Å². The highest BCUT2D eigenvalue weighted by Gasteiger charge is 2.24. The van der Waals surface area contributed by atoms with Crippen LogP contribution < -0.4 is 15.1 Å². The lowest BCUT2D eigenvalue weighted by atomic mass is 10.2. The molecule has 0 aliphatic carbocycles. The minimum absolute atomic E-state index is 0.113. The predicted molar refractivity (Wildman–Crippen MR) is 106 cm³/mol. The molecule has 2 aromatic rings. The number of piperazine rings is 1. The number of hydrogen-bond donors (Lipinski definition) is 3. The molecule has 1 fully saturated rings. The van der Waals surface area contributed by atoms with Crippen LogP contribution in [0.5, 0.6) is 0 Å². The van der Waals surface area contributed by atoms with E-state index in [1.807, 2.05) is 37.3 Å². The van der Waals surface area contributed by atoms with E-state index in [1.165, 1.54) is 10.5 Å². The molecule has 0 unspecified atom stereocenters. The van der Waals surface area contributed by atoms with Gasteiger partial charge in [-0.1, -0.05) is 54.6 Å². The van der Waals surface area contributed by atoms with Crippen LogP contribution in [-0.2, 0) is 4.79 Å². The van der Waals surface area contributed by atoms with Crippen molar-refractivity contribution < 1.29 is 14.6 Å². The van der Waals surface area contributed by atoms with Crippen molar-refractivity contribution in [3.8, 4) is 0 Å². The Balaban J connectivity index is 1.39. The molecule has 1 heterocycles. The summed E-state index contributed by atoms with van der Waals surface area (Å²) in [6.07, 6.45) is 4.46. The Morgan fingerprint density at radius 1 is 0.962 bits per heavy atom. The first-order chi connectivity index (χ1) is 12.7. The van der Waals surface area contributed by atoms with Crippen molar-refractivity contribution in [1.29, 1.82) is 0 Å². The largest absolute Gasteiger partial charge is 0.322 e. The molecular formula is C22H29N3O+2. The van der Waals surface area contributed by atoms with Gasteiger partial charge in [-0.2, -0.15) is 0 Å². The molecule has 0 aromatic heterocycles. The summed E-state index contributed by atoms with van der Waals surface area (Å²) in [5, 5.41) is 3.04. The van der Waals surface area contributed by atoms with E-state index in [0.29, 0.717) is 6.54 Å². The van der Waals surface area contributed by atoms with Crippen LogP contribution in [0.3, 0.4) is 0 Å². The average Bonchev–Trinajstić information content (AvgIpc) is 2.66. The van der Waals surface area contributed by atoms with Crippen LogP contribution in [0.25, 0.3) is 6.08 Å². The fourth-order valence-electron chi connectivity index (χ4n) is 3.40. The van der Waals surface area contributed by atoms with Crippen molar-refractivity contribution in [3.05, 3.63) is 71.8 Å². The summed E-state index contributed by atoms with van der Waals surface area (Å²) in [4.78, 5) is 15.3. The standard InChI is InChI=1S/C22H27N3O/c1-19-8-5-6-12-21(19)23-22(26)18-25-16-14-24(15-17-25)13-7-11-20-9-3-2-4-10-20/h2-12H,13-18H2,1H3,(H,23,26)/p+2/b11-7+. The maximum absolute atomic E-state index is 12.3. The second-order valence-corrected chi connectivity index (χ2v) is 7.06. The van der Waals surface area contributed by atoms with Crippen LogP contribution in [-0.4, -0.2) is 45.2 Å². The molecule has 4 nitrogen and oxygen atoms in total. The fourth-order valence-corrected chi connectivity index (χ4v) is 3.40. The SMILES string of the molecule is Cc1ccccc1NC(=O)C[NH+]1CC[NH+](C/C=C/c2ccccc2)CC1. The molecule has 0 radical (unpaired) electrons. The Morgan fingerprint density at radius 2 is 1.62 bits per heavy atom. The van der Waals surface area contributed by atoms with Gasteiger partial charge in [0, 0.05) is 5.69 Å². The van der Waals surface area contributed by atoms with Crippen molar-refractivity contribution in [2.24, 2.45) is 0 Å². The van der Waals surface area contributed by atoms with Crippen LogP contribution in [0.15, 0.2) is 60.7 Å². The Morgan fingerprint density at radius 3 is 2.35 bits per heavy atom. The molecule has 0 saturated carbocycles. The van der Waals surface area contributed by atoms with Crippen molar-refractivity contribution in [1.82, 2.24) is 0 Å². The number of benzene rings is 2. The number of quaternary nitrogens is 2. The van der Waals surface area contributed by atoms with E-state index in [4.69, 9.17) is 0 Å². The molecule has 26 heavy (non-hydrogen) atoms. The Hall–Kier alpha value is -2.43. The highest BCUT2D eigenvalue weighted by atomic mass is 16.2. The van der Waals surface area contributed by atoms with Gasteiger partial charge in [-0.05, 0) is 30.2 Å². The lowest BCUT2D eigenvalue weighted by Crippen LogP contribution is -3.28. The number of nitrogens with one attached hydrogen (secondary N) is 3. The lowest BCUT2D eigenvalue weighted by Gasteiger charge is -2.28. The molecule has 1 amide bonds. The summed E-state index contributed by atoms with van der Waals surface area (Å²) in [6, 6.07) is 18.4. The van der Waals surface area contributed by atoms with Crippen molar-refractivity contribution in [2.75, 3.05) is 44.6 Å². The third-order valence-corrected chi connectivity index (χ3v) is 5.01. The second-order valence-electron chi connectivity index (χ2n) is 7.06. The number of anilines is 1. The van der Waals surface area contributed by atoms with Crippen LogP contribution in [0, 0.1) is 6.92 Å². The summed E-state index contributed by atoms with van der Waals surface area (Å²) in [6.45, 7) is 7.97. The third kappa shape index (κ3) is 5.55. The second kappa shape index (κ2) is 9.32. The fraction of sp³-hybridized carbons (Fsp3) is 0.318. The topological polar surface area (TPSA) is 38.0 Å². The maximum atomic E-state index is 12.3. The van der Waals surface area contributed by atoms with Gasteiger partial charge in [0.05, 0.1) is 6.54 Å². The first-order valence-corrected chi connectivity index (χ1v) is 9.45. The minimum Gasteiger partial charge on any atom is -0.322 e. The van der Waals surface area contributed by atoms with Crippen LogP contribution in [0.1, 0.15) is 11.1 Å². The highest BCUT2D eigenvalue weighted by molar-refractivity contribution is 5.92. The van der Waals surface area contributed by atoms with Gasteiger partial charge in [0.25, 0.3) is 5.91 Å². The van der Waals surface area contributed by atoms with E-state index < -0.39 is 0 Å². The van der Waals surface area contributed by atoms with Gasteiger partial charge in [-0.25, -0.2) is 0 Å². The van der Waals surface area contributed by atoms with Gasteiger partial charge >= 0.3 is 0 Å². The van der Waals surface area contributed by atoms with Crippen molar-refractivity contribution in [3.63, 3.8) is 0 Å². The molecule has 3 N–H and O–H groups in total. The molecule has 1 aliphatic rings. The lowest BCUT2D eigenvalue weighted by molar-refractivity contribution is -1.01. The molecule has 4 heteroatoms. The zero-order chi connectivity index (χ0) is 18.2. The molecule has 0 bridgehead atoms. The third-order valence-electron chi connectivity index (χ3n) is 5.01. The Labute approximate surface area is 156 Å². The van der Waals surface area contributed by atoms with Crippen LogP contribution in [0.2, 0.25) is 0 Å². The smallest absolute Gasteiger partial charge is 0.279 e. The molecule has 0 spiro atoms. The highest BCUT2D eigenvalue weighted by Crippen LogP contribution is 2.12. The van der Waals surface area contributed by atoms with E-state index >= 15 is 0 Å². The zero-order valence-electron chi connectivity index (χ0n) is 15.5. The van der Waals surface area contributed by atoms with E-state index in [1.54, 1.807) is 4.90 Å². The summed E-state index contributed by atoms with van der Waals surface area (Å²) in [7, 11) is 0. The van der Waals surface area contributed by atoms with E-state index in [-0.39, 0.29) is 5.91 Å². The van der Waals surface area contributed by atoms with Gasteiger partial charge in [-0.15, -0.1) is 0 Å². The minimum atomic E-state index is 0.113. The van der Waals surface area contributed by atoms with Crippen LogP contribution >= 0.6 is 0 Å². The number of amides is 1. The predicted octanol–water partition coefficient (Wildman–Crippen LogP) is 0.430. The van der Waals surface area contributed by atoms with Crippen LogP contribution in [0.4, 0.5) is 5.69 Å². The first kappa shape index (κ1) is 18.4. The molecule has 1 aliphatic heterocycles. The van der Waals surface area contributed by atoms with E-state index in [0.717, 1.165) is 44.0 Å². The maximum Gasteiger partial charge on any atom is 0.279 e. The van der Waals surface area contributed by atoms with Gasteiger partial charge in [-0.3, -0.25) is 4.79 Å². The van der Waals surface area contributed by atoms with Gasteiger partial charge in [0.2, 0.25) is 0 Å². The number of para-hydroxylation sites is 1. The van der Waals surface area contributed by atoms with Gasteiger partial charge in [0.1, 0.15) is 26.2 Å². The number of aryl methyl sites for hydroxylation is 1. The van der Waals surface area contributed by atoms with E-state index in [2.05, 4.69) is 41.7 Å².